The first-order chi connectivity index (χ1) is 12.1. The maximum Gasteiger partial charge on any atom is 0.270 e. The Morgan fingerprint density at radius 3 is 2.35 bits per heavy atom. The van der Waals surface area contributed by atoms with Gasteiger partial charge >= 0.3 is 0 Å². The van der Waals surface area contributed by atoms with Crippen LogP contribution >= 0.6 is 22.6 Å². The highest BCUT2D eigenvalue weighted by atomic mass is 127. The first-order valence-electron chi connectivity index (χ1n) is 6.97. The quantitative estimate of drug-likeness (QED) is 0.377. The van der Waals surface area contributed by atoms with Gasteiger partial charge in [-0.25, -0.2) is 25.9 Å². The zero-order chi connectivity index (χ0) is 19.6. The molecule has 140 valence electrons. The highest BCUT2D eigenvalue weighted by Gasteiger charge is 2.21. The van der Waals surface area contributed by atoms with Crippen molar-refractivity contribution in [2.24, 2.45) is 0 Å². The summed E-state index contributed by atoms with van der Waals surface area (Å²) < 4.78 is 65.4. The fourth-order valence-corrected chi connectivity index (χ4v) is 3.37. The largest absolute Gasteiger partial charge is 0.295 e. The van der Waals surface area contributed by atoms with Crippen LogP contribution in [0.25, 0.3) is 0 Å². The molecule has 0 heterocycles. The Labute approximate surface area is 161 Å². The van der Waals surface area contributed by atoms with Gasteiger partial charge in [0.1, 0.15) is 0 Å². The Balaban J connectivity index is 2.27. The zero-order valence-corrected chi connectivity index (χ0v) is 16.5. The maximum atomic E-state index is 13.6. The molecule has 6 nitrogen and oxygen atoms in total. The van der Waals surface area contributed by atoms with E-state index < -0.39 is 39.1 Å². The van der Waals surface area contributed by atoms with Gasteiger partial charge in [-0.05, 0) is 52.9 Å². The van der Waals surface area contributed by atoms with Crippen molar-refractivity contribution in [2.45, 2.75) is 4.90 Å². The van der Waals surface area contributed by atoms with Crippen molar-refractivity contribution in [1.29, 1.82) is 0 Å². The second-order valence-corrected chi connectivity index (χ2v) is 8.55. The normalized spacial score (nSPS) is 11.5. The molecule has 2 aromatic carbocycles. The van der Waals surface area contributed by atoms with Crippen LogP contribution in [-0.4, -0.2) is 32.7 Å². The number of hydrogen-bond acceptors (Lipinski definition) is 4. The summed E-state index contributed by atoms with van der Waals surface area (Å²) in [6.45, 7) is 0. The van der Waals surface area contributed by atoms with Gasteiger partial charge in [-0.3, -0.25) is 15.6 Å². The zero-order valence-electron chi connectivity index (χ0n) is 13.5. The standard InChI is InChI=1S/C15H13F3IN3O3S/c1-22(2)26(24,25)8-3-5-11(19)9(7-8)15(23)21-20-12-6-4-10(16)13(17)14(12)18/h3-7,20H,1-2H3,(H,21,23). The Bertz CT molecular complexity index is 968. The lowest BCUT2D eigenvalue weighted by Gasteiger charge is -2.14. The number of hydrazine groups is 1. The number of amides is 1. The minimum Gasteiger partial charge on any atom is -0.295 e. The number of benzene rings is 2. The van der Waals surface area contributed by atoms with E-state index in [1.165, 1.54) is 26.2 Å². The Kier molecular flexibility index (Phi) is 6.13. The molecule has 11 heteroatoms. The van der Waals surface area contributed by atoms with E-state index in [2.05, 4.69) is 10.9 Å². The van der Waals surface area contributed by atoms with Crippen LogP contribution in [0.2, 0.25) is 0 Å². The highest BCUT2D eigenvalue weighted by molar-refractivity contribution is 14.1. The summed E-state index contributed by atoms with van der Waals surface area (Å²) in [6, 6.07) is 5.54. The molecular formula is C15H13F3IN3O3S. The summed E-state index contributed by atoms with van der Waals surface area (Å²) in [6.07, 6.45) is 0. The third-order valence-corrected chi connectivity index (χ3v) is 6.06. The molecule has 0 radical (unpaired) electrons. The van der Waals surface area contributed by atoms with Gasteiger partial charge in [0.05, 0.1) is 16.1 Å². The van der Waals surface area contributed by atoms with Crippen molar-refractivity contribution < 1.29 is 26.4 Å². The number of carbonyl (C=O) groups is 1. The van der Waals surface area contributed by atoms with Crippen molar-refractivity contribution in [3.8, 4) is 0 Å². The van der Waals surface area contributed by atoms with Gasteiger partial charge in [0.15, 0.2) is 17.5 Å². The smallest absolute Gasteiger partial charge is 0.270 e. The molecule has 0 aliphatic heterocycles. The first-order valence-corrected chi connectivity index (χ1v) is 9.49. The molecule has 0 atom stereocenters. The monoisotopic (exact) mass is 499 g/mol. The lowest BCUT2D eigenvalue weighted by molar-refractivity contribution is 0.0961. The Hall–Kier alpha value is -1.86. The predicted molar refractivity (Wildman–Crippen MR) is 97.4 cm³/mol. The number of anilines is 1. The summed E-state index contributed by atoms with van der Waals surface area (Å²) in [4.78, 5) is 12.2. The van der Waals surface area contributed by atoms with Gasteiger partial charge in [-0.15, -0.1) is 0 Å². The SMILES string of the molecule is CN(C)S(=O)(=O)c1ccc(I)c(C(=O)NNc2ccc(F)c(F)c2F)c1. The van der Waals surface area contributed by atoms with E-state index in [9.17, 15) is 26.4 Å². The van der Waals surface area contributed by atoms with Gasteiger partial charge in [0.25, 0.3) is 5.91 Å². The lowest BCUT2D eigenvalue weighted by atomic mass is 10.2. The molecule has 2 rings (SSSR count). The molecule has 0 aliphatic carbocycles. The van der Waals surface area contributed by atoms with Crippen LogP contribution in [0.15, 0.2) is 35.2 Å². The van der Waals surface area contributed by atoms with E-state index in [1.807, 2.05) is 22.6 Å². The van der Waals surface area contributed by atoms with Gasteiger partial charge in [-0.1, -0.05) is 0 Å². The summed E-state index contributed by atoms with van der Waals surface area (Å²) >= 11 is 1.83. The molecule has 0 fully saturated rings. The van der Waals surface area contributed by atoms with E-state index in [-0.39, 0.29) is 10.5 Å². The number of nitrogens with zero attached hydrogens (tertiary/aromatic N) is 1. The molecule has 0 bridgehead atoms. The summed E-state index contributed by atoms with van der Waals surface area (Å²) in [5.41, 5.74) is 3.78. The molecule has 1 amide bonds. The van der Waals surface area contributed by atoms with Crippen molar-refractivity contribution in [3.05, 3.63) is 56.9 Å². The van der Waals surface area contributed by atoms with Crippen LogP contribution in [0.3, 0.4) is 0 Å². The fraction of sp³-hybridized carbons (Fsp3) is 0.133. The molecule has 2 aromatic rings. The van der Waals surface area contributed by atoms with Crippen molar-refractivity contribution in [2.75, 3.05) is 19.5 Å². The molecule has 0 aromatic heterocycles. The van der Waals surface area contributed by atoms with Crippen molar-refractivity contribution >= 4 is 44.2 Å². The third kappa shape index (κ3) is 4.10. The maximum absolute atomic E-state index is 13.6. The third-order valence-electron chi connectivity index (χ3n) is 3.31. The lowest BCUT2D eigenvalue weighted by Crippen LogP contribution is -2.31. The molecule has 0 unspecified atom stereocenters. The van der Waals surface area contributed by atoms with Gasteiger partial charge < -0.3 is 0 Å². The average molecular weight is 499 g/mol. The van der Waals surface area contributed by atoms with Crippen LogP contribution in [0.4, 0.5) is 18.9 Å². The van der Waals surface area contributed by atoms with E-state index in [0.717, 1.165) is 16.4 Å². The minimum absolute atomic E-state index is 0.00372. The van der Waals surface area contributed by atoms with E-state index in [1.54, 1.807) is 0 Å². The van der Waals surface area contributed by atoms with E-state index in [0.29, 0.717) is 9.64 Å². The molecule has 0 spiro atoms. The molecule has 26 heavy (non-hydrogen) atoms. The summed E-state index contributed by atoms with van der Waals surface area (Å²) in [7, 11) is -1.06. The van der Waals surface area contributed by atoms with Crippen LogP contribution in [0, 0.1) is 21.0 Å². The van der Waals surface area contributed by atoms with E-state index >= 15 is 0 Å². The molecule has 0 saturated heterocycles. The van der Waals surface area contributed by atoms with Crippen molar-refractivity contribution in [1.82, 2.24) is 9.73 Å². The number of sulfonamides is 1. The second-order valence-electron chi connectivity index (χ2n) is 5.23. The number of carbonyl (C=O) groups excluding carboxylic acids is 1. The summed E-state index contributed by atoms with van der Waals surface area (Å²) in [5.74, 6) is -5.33. The molecule has 2 N–H and O–H groups in total. The van der Waals surface area contributed by atoms with Gasteiger partial charge in [0, 0.05) is 17.7 Å². The number of hydrogen-bond donors (Lipinski definition) is 2. The molecule has 0 saturated carbocycles. The Morgan fingerprint density at radius 1 is 1.08 bits per heavy atom. The minimum atomic E-state index is -3.76. The van der Waals surface area contributed by atoms with Crippen LogP contribution < -0.4 is 10.9 Å². The van der Waals surface area contributed by atoms with Crippen LogP contribution in [0.1, 0.15) is 10.4 Å². The second kappa shape index (κ2) is 7.80. The first kappa shape index (κ1) is 20.5. The van der Waals surface area contributed by atoms with Crippen molar-refractivity contribution in [3.63, 3.8) is 0 Å². The number of nitrogens with one attached hydrogen (secondary N) is 2. The van der Waals surface area contributed by atoms with Crippen LogP contribution in [-0.2, 0) is 10.0 Å². The average Bonchev–Trinajstić information content (AvgIpc) is 2.59. The molecule has 0 aliphatic rings. The Morgan fingerprint density at radius 2 is 1.73 bits per heavy atom. The predicted octanol–water partition coefficient (Wildman–Crippen LogP) is 2.72. The van der Waals surface area contributed by atoms with E-state index in [4.69, 9.17) is 0 Å². The topological polar surface area (TPSA) is 78.5 Å². The van der Waals surface area contributed by atoms with Gasteiger partial charge in [0.2, 0.25) is 10.0 Å². The van der Waals surface area contributed by atoms with Gasteiger partial charge in [-0.2, -0.15) is 0 Å². The summed E-state index contributed by atoms with van der Waals surface area (Å²) in [5, 5.41) is 0. The highest BCUT2D eigenvalue weighted by Crippen LogP contribution is 2.21. The number of rotatable bonds is 5. The number of halogens is 4. The van der Waals surface area contributed by atoms with Crippen LogP contribution in [0.5, 0.6) is 0 Å². The molecular weight excluding hydrogens is 486 g/mol. The fourth-order valence-electron chi connectivity index (χ4n) is 1.86.